The van der Waals surface area contributed by atoms with Crippen molar-refractivity contribution in [2.45, 2.75) is 19.7 Å². The van der Waals surface area contributed by atoms with Gasteiger partial charge in [-0.25, -0.2) is 4.98 Å². The van der Waals surface area contributed by atoms with Gasteiger partial charge in [0.15, 0.2) is 5.82 Å². The molecule has 0 saturated carbocycles. The summed E-state index contributed by atoms with van der Waals surface area (Å²) in [5.41, 5.74) is 6.23. The van der Waals surface area contributed by atoms with Crippen molar-refractivity contribution in [3.05, 3.63) is 70.3 Å². The van der Waals surface area contributed by atoms with E-state index < -0.39 is 0 Å². The molecule has 9 heteroatoms. The van der Waals surface area contributed by atoms with E-state index in [1.165, 1.54) is 17.4 Å². The fourth-order valence-electron chi connectivity index (χ4n) is 2.83. The predicted molar refractivity (Wildman–Crippen MR) is 123 cm³/mol. The van der Waals surface area contributed by atoms with Gasteiger partial charge in [0.25, 0.3) is 5.91 Å². The molecule has 0 radical (unpaired) electrons. The highest BCUT2D eigenvalue weighted by molar-refractivity contribution is 9.10. The summed E-state index contributed by atoms with van der Waals surface area (Å²) in [6, 6.07) is 11.5. The number of carbonyl (C=O) groups excluding carboxylic acids is 1. The number of hydrogen-bond donors (Lipinski definition) is 1. The van der Waals surface area contributed by atoms with Gasteiger partial charge in [-0.15, -0.1) is 11.6 Å². The third kappa shape index (κ3) is 5.78. The molecule has 3 aromatic rings. The third-order valence-electron chi connectivity index (χ3n) is 4.30. The fourth-order valence-corrected chi connectivity index (χ4v) is 3.29. The van der Waals surface area contributed by atoms with Gasteiger partial charge < -0.3 is 0 Å². The predicted octanol–water partition coefficient (Wildman–Crippen LogP) is 5.04. The molecule has 0 aliphatic rings. The van der Waals surface area contributed by atoms with Crippen LogP contribution in [-0.4, -0.2) is 32.4 Å². The molecule has 31 heavy (non-hydrogen) atoms. The third-order valence-corrected chi connectivity index (χ3v) is 5.19. The first kappa shape index (κ1) is 22.7. The van der Waals surface area contributed by atoms with Crippen LogP contribution in [0.2, 0.25) is 0 Å². The first-order valence-corrected chi connectivity index (χ1v) is 10.9. The maximum absolute atomic E-state index is 13.3. The molecule has 0 unspecified atom stereocenters. The summed E-state index contributed by atoms with van der Waals surface area (Å²) in [5, 5.41) is 10.5. The normalized spacial score (nSPS) is 10.6. The Labute approximate surface area is 194 Å². The number of anilines is 1. The number of hydrazine groups is 1. The van der Waals surface area contributed by atoms with Crippen molar-refractivity contribution in [2.75, 3.05) is 12.0 Å². The number of rotatable bonds is 7. The summed E-state index contributed by atoms with van der Waals surface area (Å²) in [5.74, 6) is 0.711. The van der Waals surface area contributed by atoms with Crippen LogP contribution in [0.1, 0.15) is 35.6 Å². The number of benzene rings is 1. The minimum absolute atomic E-state index is 0.00621. The smallest absolute Gasteiger partial charge is 0.273 e. The first-order valence-electron chi connectivity index (χ1n) is 9.52. The van der Waals surface area contributed by atoms with Crippen LogP contribution in [0.5, 0.6) is 0 Å². The fraction of sp³-hybridized carbons (Fsp3) is 0.227. The molecule has 0 fully saturated rings. The topological polar surface area (TPSA) is 94.8 Å². The van der Waals surface area contributed by atoms with E-state index in [9.17, 15) is 4.79 Å². The Kier molecular flexibility index (Phi) is 7.55. The van der Waals surface area contributed by atoms with Gasteiger partial charge in [0.1, 0.15) is 6.07 Å². The Hall–Kier alpha value is -3.02. The molecule has 1 aromatic carbocycles. The van der Waals surface area contributed by atoms with E-state index >= 15 is 0 Å². The highest BCUT2D eigenvalue weighted by atomic mass is 79.9. The van der Waals surface area contributed by atoms with Crippen LogP contribution in [0.4, 0.5) is 5.82 Å². The molecule has 0 saturated heterocycles. The lowest BCUT2D eigenvalue weighted by Gasteiger charge is -2.26. The van der Waals surface area contributed by atoms with Crippen LogP contribution in [0.3, 0.4) is 0 Å². The molecule has 0 atom stereocenters. The first-order chi connectivity index (χ1) is 14.9. The summed E-state index contributed by atoms with van der Waals surface area (Å²) in [6.07, 6.45) is 4.72. The maximum atomic E-state index is 13.3. The summed E-state index contributed by atoms with van der Waals surface area (Å²) in [4.78, 5) is 25.6. The average molecular weight is 500 g/mol. The quantitative estimate of drug-likeness (QED) is 0.362. The minimum atomic E-state index is -0.260. The summed E-state index contributed by atoms with van der Waals surface area (Å²) < 4.78 is 0.541. The van der Waals surface area contributed by atoms with E-state index in [4.69, 9.17) is 16.9 Å². The Morgan fingerprint density at radius 3 is 2.61 bits per heavy atom. The zero-order valence-corrected chi connectivity index (χ0v) is 19.4. The molecule has 3 rings (SSSR count). The van der Waals surface area contributed by atoms with Crippen LogP contribution in [0.15, 0.2) is 53.4 Å². The maximum Gasteiger partial charge on any atom is 0.273 e. The molecule has 0 spiro atoms. The number of aromatic nitrogens is 3. The monoisotopic (exact) mass is 498 g/mol. The molecular weight excluding hydrogens is 480 g/mol. The standard InChI is InChI=1S/C22H20BrClN6O/c1-14(2)13-30(29-21-19(23)12-27-20(9-25)28-21)22(31)18-7-17(10-26-11-18)16-5-3-15(8-24)4-6-16/h3-7,10-12,14H,8,13H2,1-2H3,(H,27,28,29). The number of carbonyl (C=O) groups is 1. The molecule has 158 valence electrons. The van der Waals surface area contributed by atoms with Gasteiger partial charge in [-0.2, -0.15) is 10.2 Å². The highest BCUT2D eigenvalue weighted by Crippen LogP contribution is 2.23. The lowest BCUT2D eigenvalue weighted by atomic mass is 10.0. The summed E-state index contributed by atoms with van der Waals surface area (Å²) in [7, 11) is 0. The van der Waals surface area contributed by atoms with Crippen molar-refractivity contribution >= 4 is 39.3 Å². The van der Waals surface area contributed by atoms with E-state index in [2.05, 4.69) is 36.3 Å². The zero-order chi connectivity index (χ0) is 22.4. The average Bonchev–Trinajstić information content (AvgIpc) is 2.79. The van der Waals surface area contributed by atoms with E-state index in [1.54, 1.807) is 12.3 Å². The van der Waals surface area contributed by atoms with Gasteiger partial charge in [0, 0.05) is 36.6 Å². The second-order valence-corrected chi connectivity index (χ2v) is 8.34. The number of pyridine rings is 1. The zero-order valence-electron chi connectivity index (χ0n) is 17.0. The van der Waals surface area contributed by atoms with Crippen molar-refractivity contribution in [1.82, 2.24) is 20.0 Å². The highest BCUT2D eigenvalue weighted by Gasteiger charge is 2.20. The number of nitrogens with one attached hydrogen (secondary N) is 1. The van der Waals surface area contributed by atoms with Gasteiger partial charge in [0.05, 0.1) is 10.0 Å². The van der Waals surface area contributed by atoms with Crippen LogP contribution in [0, 0.1) is 17.2 Å². The number of hydrogen-bond acceptors (Lipinski definition) is 6. The largest absolute Gasteiger partial charge is 0.278 e. The Bertz CT molecular complexity index is 1110. The summed E-state index contributed by atoms with van der Waals surface area (Å²) >= 11 is 9.22. The van der Waals surface area contributed by atoms with Crippen molar-refractivity contribution < 1.29 is 4.79 Å². The minimum Gasteiger partial charge on any atom is -0.278 e. The molecule has 0 bridgehead atoms. The van der Waals surface area contributed by atoms with E-state index in [0.29, 0.717) is 28.3 Å². The molecular formula is C22H20BrClN6O. The molecule has 0 aliphatic carbocycles. The van der Waals surface area contributed by atoms with E-state index in [0.717, 1.165) is 16.7 Å². The number of nitrogens with zero attached hydrogens (tertiary/aromatic N) is 5. The van der Waals surface area contributed by atoms with Crippen molar-refractivity contribution in [3.63, 3.8) is 0 Å². The Balaban J connectivity index is 1.90. The number of alkyl halides is 1. The molecule has 1 N–H and O–H groups in total. The Morgan fingerprint density at radius 2 is 1.97 bits per heavy atom. The van der Waals surface area contributed by atoms with Crippen LogP contribution in [0.25, 0.3) is 11.1 Å². The van der Waals surface area contributed by atoms with Crippen LogP contribution in [-0.2, 0) is 5.88 Å². The van der Waals surface area contributed by atoms with E-state index in [1.807, 2.05) is 44.2 Å². The lowest BCUT2D eigenvalue weighted by Crippen LogP contribution is -2.39. The summed E-state index contributed by atoms with van der Waals surface area (Å²) in [6.45, 7) is 4.43. The van der Waals surface area contributed by atoms with Crippen molar-refractivity contribution in [1.29, 1.82) is 5.26 Å². The van der Waals surface area contributed by atoms with E-state index in [-0.39, 0.29) is 17.6 Å². The molecule has 2 aromatic heterocycles. The van der Waals surface area contributed by atoms with Gasteiger partial charge >= 0.3 is 0 Å². The number of halogens is 2. The number of nitriles is 1. The number of amides is 1. The second kappa shape index (κ2) is 10.3. The van der Waals surface area contributed by atoms with Crippen LogP contribution >= 0.6 is 27.5 Å². The molecule has 0 aliphatic heterocycles. The van der Waals surface area contributed by atoms with Gasteiger partial charge in [-0.3, -0.25) is 20.2 Å². The van der Waals surface area contributed by atoms with Crippen molar-refractivity contribution in [3.8, 4) is 17.2 Å². The Morgan fingerprint density at radius 1 is 1.23 bits per heavy atom. The second-order valence-electron chi connectivity index (χ2n) is 7.22. The SMILES string of the molecule is CC(C)CN(Nc1nc(C#N)ncc1Br)C(=O)c1cncc(-c2ccc(CCl)cc2)c1. The van der Waals surface area contributed by atoms with Gasteiger partial charge in [0.2, 0.25) is 5.82 Å². The molecule has 7 nitrogen and oxygen atoms in total. The van der Waals surface area contributed by atoms with Gasteiger partial charge in [-0.05, 0) is 39.0 Å². The van der Waals surface area contributed by atoms with Crippen molar-refractivity contribution in [2.24, 2.45) is 5.92 Å². The lowest BCUT2D eigenvalue weighted by molar-refractivity contribution is 0.0776. The molecule has 1 amide bonds. The van der Waals surface area contributed by atoms with Crippen LogP contribution < -0.4 is 5.43 Å². The van der Waals surface area contributed by atoms with Gasteiger partial charge in [-0.1, -0.05) is 38.1 Å². The molecule has 2 heterocycles.